The van der Waals surface area contributed by atoms with Crippen LogP contribution in [0, 0.1) is 27.2 Å². The summed E-state index contributed by atoms with van der Waals surface area (Å²) < 4.78 is 4.67. The lowest BCUT2D eigenvalue weighted by atomic mass is 10.1. The molecule has 0 saturated carbocycles. The first-order valence-electron chi connectivity index (χ1n) is 6.50. The van der Waals surface area contributed by atoms with Gasteiger partial charge in [-0.15, -0.1) is 0 Å². The highest BCUT2D eigenvalue weighted by atomic mass is 35.5. The molecule has 1 heterocycles. The molecule has 0 radical (unpaired) electrons. The highest BCUT2D eigenvalue weighted by Crippen LogP contribution is 2.27. The smallest absolute Gasteiger partial charge is 0.395 e. The van der Waals surface area contributed by atoms with E-state index in [9.17, 15) is 29.8 Å². The lowest BCUT2D eigenvalue weighted by Crippen LogP contribution is -2.41. The lowest BCUT2D eigenvalue weighted by molar-refractivity contribution is -0.402. The molecule has 12 heteroatoms. The fourth-order valence-electron chi connectivity index (χ4n) is 1.84. The van der Waals surface area contributed by atoms with Crippen molar-refractivity contribution in [3.05, 3.63) is 66.4 Å². The largest absolute Gasteiger partial charge is 0.433 e. The van der Waals surface area contributed by atoms with Gasteiger partial charge in [0.05, 0.1) is 16.6 Å². The number of amides is 2. The molecule has 2 rings (SSSR count). The topological polar surface area (TPSA) is 158 Å². The minimum absolute atomic E-state index is 0.0816. The number of carbonyl (C=O) groups is 2. The molecule has 0 bridgehead atoms. The molecule has 25 heavy (non-hydrogen) atoms. The number of furan rings is 1. The Morgan fingerprint density at radius 2 is 1.72 bits per heavy atom. The predicted octanol–water partition coefficient (Wildman–Crippen LogP) is 2.13. The molecule has 0 aliphatic carbocycles. The summed E-state index contributed by atoms with van der Waals surface area (Å²) in [6.45, 7) is 1.50. The van der Waals surface area contributed by atoms with Gasteiger partial charge in [-0.05, 0) is 24.6 Å². The Morgan fingerprint density at radius 3 is 2.28 bits per heavy atom. The van der Waals surface area contributed by atoms with Gasteiger partial charge in [0.2, 0.25) is 5.76 Å². The van der Waals surface area contributed by atoms with Gasteiger partial charge in [-0.25, -0.2) is 0 Å². The summed E-state index contributed by atoms with van der Waals surface area (Å²) in [6, 6.07) is 4.24. The van der Waals surface area contributed by atoms with Crippen LogP contribution in [0.3, 0.4) is 0 Å². The van der Waals surface area contributed by atoms with Gasteiger partial charge >= 0.3 is 11.8 Å². The zero-order valence-corrected chi connectivity index (χ0v) is 13.2. The van der Waals surface area contributed by atoms with Crippen LogP contribution in [0.2, 0.25) is 5.02 Å². The van der Waals surface area contributed by atoms with Gasteiger partial charge in [-0.2, -0.15) is 0 Å². The predicted molar refractivity (Wildman–Crippen MR) is 83.1 cm³/mol. The van der Waals surface area contributed by atoms with E-state index in [-0.39, 0.29) is 10.6 Å². The molecule has 0 unspecified atom stereocenters. The fourth-order valence-corrected chi connectivity index (χ4v) is 2.12. The molecule has 130 valence electrons. The van der Waals surface area contributed by atoms with E-state index in [1.807, 2.05) is 10.9 Å². The highest BCUT2D eigenvalue weighted by molar-refractivity contribution is 6.32. The van der Waals surface area contributed by atoms with Crippen molar-refractivity contribution in [1.29, 1.82) is 0 Å². The third-order valence-corrected chi connectivity index (χ3v) is 3.32. The summed E-state index contributed by atoms with van der Waals surface area (Å²) in [4.78, 5) is 43.6. The number of nitro benzene ring substituents is 1. The van der Waals surface area contributed by atoms with Crippen LogP contribution >= 0.6 is 11.6 Å². The van der Waals surface area contributed by atoms with Crippen molar-refractivity contribution in [2.75, 3.05) is 0 Å². The van der Waals surface area contributed by atoms with Crippen molar-refractivity contribution >= 4 is 35.0 Å². The summed E-state index contributed by atoms with van der Waals surface area (Å²) in [6.07, 6.45) is 0. The van der Waals surface area contributed by atoms with E-state index in [2.05, 4.69) is 4.42 Å². The van der Waals surface area contributed by atoms with Crippen LogP contribution in [0.4, 0.5) is 11.6 Å². The quantitative estimate of drug-likeness (QED) is 0.617. The van der Waals surface area contributed by atoms with Crippen molar-refractivity contribution in [1.82, 2.24) is 10.9 Å². The zero-order chi connectivity index (χ0) is 18.7. The third kappa shape index (κ3) is 3.90. The summed E-state index contributed by atoms with van der Waals surface area (Å²) in [7, 11) is 0. The highest BCUT2D eigenvalue weighted by Gasteiger charge is 2.21. The van der Waals surface area contributed by atoms with E-state index in [0.29, 0.717) is 5.56 Å². The fraction of sp³-hybridized carbons (Fsp3) is 0.0769. The van der Waals surface area contributed by atoms with Gasteiger partial charge in [-0.3, -0.25) is 40.7 Å². The SMILES string of the molecule is Cc1cc(Cl)c([N+](=O)[O-])cc1C(=O)NNC(=O)c1ccc([N+](=O)[O-])o1. The Morgan fingerprint density at radius 1 is 1.08 bits per heavy atom. The van der Waals surface area contributed by atoms with Crippen LogP contribution in [0.1, 0.15) is 26.5 Å². The molecule has 0 atom stereocenters. The zero-order valence-electron chi connectivity index (χ0n) is 12.4. The Labute approximate surface area is 143 Å². The van der Waals surface area contributed by atoms with Crippen LogP contribution in [-0.4, -0.2) is 21.7 Å². The number of benzene rings is 1. The van der Waals surface area contributed by atoms with E-state index in [1.54, 1.807) is 0 Å². The number of aryl methyl sites for hydroxylation is 1. The first kappa shape index (κ1) is 17.9. The molecule has 0 fully saturated rings. The van der Waals surface area contributed by atoms with Crippen LogP contribution in [-0.2, 0) is 0 Å². The molecule has 1 aromatic heterocycles. The molecule has 0 aliphatic rings. The average Bonchev–Trinajstić information content (AvgIpc) is 3.02. The maximum Gasteiger partial charge on any atom is 0.433 e. The monoisotopic (exact) mass is 368 g/mol. The van der Waals surface area contributed by atoms with Crippen LogP contribution in [0.15, 0.2) is 28.7 Å². The van der Waals surface area contributed by atoms with Gasteiger partial charge in [0, 0.05) is 6.07 Å². The number of carbonyl (C=O) groups excluding carboxylic acids is 2. The number of nitrogens with one attached hydrogen (secondary N) is 2. The van der Waals surface area contributed by atoms with Crippen LogP contribution in [0.25, 0.3) is 0 Å². The number of hydrogen-bond acceptors (Lipinski definition) is 7. The van der Waals surface area contributed by atoms with E-state index in [1.165, 1.54) is 13.0 Å². The van der Waals surface area contributed by atoms with E-state index in [4.69, 9.17) is 11.6 Å². The molecule has 2 aromatic rings. The summed E-state index contributed by atoms with van der Waals surface area (Å²) in [5, 5.41) is 21.2. The Balaban J connectivity index is 2.12. The van der Waals surface area contributed by atoms with Gasteiger partial charge in [0.25, 0.3) is 11.6 Å². The summed E-state index contributed by atoms with van der Waals surface area (Å²) >= 11 is 5.73. The second-order valence-corrected chi connectivity index (χ2v) is 5.09. The van der Waals surface area contributed by atoms with Crippen molar-refractivity contribution in [3.8, 4) is 0 Å². The molecule has 1 aromatic carbocycles. The third-order valence-electron chi connectivity index (χ3n) is 3.02. The average molecular weight is 369 g/mol. The van der Waals surface area contributed by atoms with Crippen molar-refractivity contribution in [2.45, 2.75) is 6.92 Å². The Hall–Kier alpha value is -3.47. The van der Waals surface area contributed by atoms with Gasteiger partial charge in [0.1, 0.15) is 9.95 Å². The van der Waals surface area contributed by atoms with Crippen LogP contribution < -0.4 is 10.9 Å². The minimum atomic E-state index is -0.942. The molecule has 2 N–H and O–H groups in total. The van der Waals surface area contributed by atoms with Crippen molar-refractivity contribution in [3.63, 3.8) is 0 Å². The Kier molecular flexibility index (Phi) is 4.98. The minimum Gasteiger partial charge on any atom is -0.395 e. The molecule has 0 aliphatic heterocycles. The second-order valence-electron chi connectivity index (χ2n) is 4.68. The number of rotatable bonds is 4. The maximum absolute atomic E-state index is 12.1. The van der Waals surface area contributed by atoms with Gasteiger partial charge in [0.15, 0.2) is 0 Å². The lowest BCUT2D eigenvalue weighted by Gasteiger charge is -2.08. The molecule has 0 saturated heterocycles. The number of nitro groups is 2. The number of hydrogen-bond donors (Lipinski definition) is 2. The first-order chi connectivity index (χ1) is 11.7. The molecular weight excluding hydrogens is 360 g/mol. The van der Waals surface area contributed by atoms with E-state index >= 15 is 0 Å². The number of nitrogens with zero attached hydrogens (tertiary/aromatic N) is 2. The molecule has 11 nitrogen and oxygen atoms in total. The number of halogens is 1. The van der Waals surface area contributed by atoms with Crippen LogP contribution in [0.5, 0.6) is 0 Å². The molecular formula is C13H9ClN4O7. The van der Waals surface area contributed by atoms with Crippen molar-refractivity contribution < 1.29 is 23.9 Å². The van der Waals surface area contributed by atoms with E-state index < -0.39 is 39.0 Å². The molecule has 0 spiro atoms. The van der Waals surface area contributed by atoms with Gasteiger partial charge in [-0.1, -0.05) is 11.6 Å². The normalized spacial score (nSPS) is 10.2. The first-order valence-corrected chi connectivity index (χ1v) is 6.88. The molecule has 2 amide bonds. The summed E-state index contributed by atoms with van der Waals surface area (Å²) in [5.41, 5.74) is 3.81. The maximum atomic E-state index is 12.1. The van der Waals surface area contributed by atoms with E-state index in [0.717, 1.165) is 18.2 Å². The standard InChI is InChI=1S/C13H9ClN4O7/c1-6-4-8(14)9(17(21)22)5-7(6)12(19)15-16-13(20)10-2-3-11(25-10)18(23)24/h2-5H,1H3,(H,15,19)(H,16,20). The van der Waals surface area contributed by atoms with Gasteiger partial charge < -0.3 is 4.42 Å². The second kappa shape index (κ2) is 6.97. The summed E-state index contributed by atoms with van der Waals surface area (Å²) in [5.74, 6) is -2.82. The van der Waals surface area contributed by atoms with Crippen molar-refractivity contribution in [2.24, 2.45) is 0 Å². The Bertz CT molecular complexity index is 892. The number of hydrazine groups is 1.